The molecule has 0 bridgehead atoms. The lowest BCUT2D eigenvalue weighted by Crippen LogP contribution is -2.56. The van der Waals surface area contributed by atoms with Gasteiger partial charge in [-0.25, -0.2) is 0 Å². The van der Waals surface area contributed by atoms with E-state index in [9.17, 15) is 9.18 Å². The van der Waals surface area contributed by atoms with E-state index in [1.165, 1.54) is 0 Å². The number of aryl methyl sites for hydroxylation is 1. The van der Waals surface area contributed by atoms with E-state index in [1.807, 2.05) is 59.5 Å². The van der Waals surface area contributed by atoms with Gasteiger partial charge < -0.3 is 14.2 Å². The molecule has 2 aliphatic heterocycles. The Morgan fingerprint density at radius 2 is 1.90 bits per heavy atom. The summed E-state index contributed by atoms with van der Waals surface area (Å²) in [7, 11) is 0. The number of halogens is 1. The van der Waals surface area contributed by atoms with Gasteiger partial charge in [-0.2, -0.15) is 0 Å². The lowest BCUT2D eigenvalue weighted by molar-refractivity contribution is 0.0264. The van der Waals surface area contributed by atoms with Crippen LogP contribution in [0.2, 0.25) is 0 Å². The Hall–Kier alpha value is -3.34. The summed E-state index contributed by atoms with van der Waals surface area (Å²) in [4.78, 5) is 17.7. The van der Waals surface area contributed by atoms with E-state index in [-0.39, 0.29) is 12.6 Å². The van der Waals surface area contributed by atoms with Crippen molar-refractivity contribution in [3.8, 4) is 0 Å². The molecule has 1 amide bonds. The minimum absolute atomic E-state index is 0.0344. The van der Waals surface area contributed by atoms with Crippen molar-refractivity contribution in [2.75, 3.05) is 19.8 Å². The normalized spacial score (nSPS) is 20.2. The van der Waals surface area contributed by atoms with Gasteiger partial charge in [-0.15, -0.1) is 0 Å². The first-order chi connectivity index (χ1) is 14.6. The molecule has 2 aromatic carbocycles. The van der Waals surface area contributed by atoms with E-state index in [2.05, 4.69) is 11.5 Å². The molecule has 5 rings (SSSR count). The van der Waals surface area contributed by atoms with E-state index >= 15 is 0 Å². The zero-order chi connectivity index (χ0) is 20.7. The summed E-state index contributed by atoms with van der Waals surface area (Å²) in [6, 6.07) is 17.7. The number of benzene rings is 2. The molecule has 4 nitrogen and oxygen atoms in total. The van der Waals surface area contributed by atoms with Crippen LogP contribution in [0, 0.1) is 0 Å². The average Bonchev–Trinajstić information content (AvgIpc) is 3.43. The summed E-state index contributed by atoms with van der Waals surface area (Å²) in [5, 5.41) is 0. The summed E-state index contributed by atoms with van der Waals surface area (Å²) in [5.41, 5.74) is 4.80. The van der Waals surface area contributed by atoms with Crippen LogP contribution in [0.15, 0.2) is 78.1 Å². The quantitative estimate of drug-likeness (QED) is 0.624. The maximum absolute atomic E-state index is 13.5. The Kier molecular flexibility index (Phi) is 4.46. The highest BCUT2D eigenvalue weighted by Crippen LogP contribution is 2.47. The van der Waals surface area contributed by atoms with Crippen molar-refractivity contribution < 1.29 is 13.6 Å². The Bertz CT molecular complexity index is 1090. The molecule has 0 N–H and O–H groups in total. The molecule has 0 radical (unpaired) electrons. The topological polar surface area (TPSA) is 36.7 Å². The minimum Gasteiger partial charge on any atom is -0.472 e. The Labute approximate surface area is 175 Å². The molecule has 3 aromatic rings. The fourth-order valence-electron chi connectivity index (χ4n) is 4.87. The van der Waals surface area contributed by atoms with Gasteiger partial charge in [-0.3, -0.25) is 9.18 Å². The summed E-state index contributed by atoms with van der Waals surface area (Å²) in [6.45, 7) is 5.25. The summed E-state index contributed by atoms with van der Waals surface area (Å²) in [5.74, 6) is 0.0344. The molecule has 0 spiro atoms. The predicted molar refractivity (Wildman–Crippen MR) is 113 cm³/mol. The summed E-state index contributed by atoms with van der Waals surface area (Å²) < 4.78 is 18.1. The third-order valence-corrected chi connectivity index (χ3v) is 6.35. The third kappa shape index (κ3) is 2.69. The van der Waals surface area contributed by atoms with Crippen LogP contribution in [0.3, 0.4) is 0 Å². The van der Waals surface area contributed by atoms with E-state index < -0.39 is 5.66 Å². The fourth-order valence-corrected chi connectivity index (χ4v) is 4.87. The zero-order valence-electron chi connectivity index (χ0n) is 16.7. The van der Waals surface area contributed by atoms with Gasteiger partial charge in [-0.1, -0.05) is 49.0 Å². The highest BCUT2D eigenvalue weighted by Gasteiger charge is 2.54. The van der Waals surface area contributed by atoms with Gasteiger partial charge in [-0.05, 0) is 28.8 Å². The molecular weight excluding hydrogens is 379 g/mol. The van der Waals surface area contributed by atoms with Crippen LogP contribution in [0.1, 0.15) is 32.6 Å². The first-order valence-electron chi connectivity index (χ1n) is 10.2. The van der Waals surface area contributed by atoms with Crippen LogP contribution in [-0.4, -0.2) is 35.5 Å². The van der Waals surface area contributed by atoms with Crippen molar-refractivity contribution >= 4 is 11.6 Å². The van der Waals surface area contributed by atoms with Crippen molar-refractivity contribution in [1.29, 1.82) is 0 Å². The number of hydrogen-bond donors (Lipinski definition) is 0. The number of furan rings is 1. The van der Waals surface area contributed by atoms with Crippen molar-refractivity contribution in [3.05, 3.63) is 102 Å². The van der Waals surface area contributed by atoms with Gasteiger partial charge in [0.2, 0.25) is 0 Å². The van der Waals surface area contributed by atoms with Gasteiger partial charge in [0.25, 0.3) is 5.91 Å². The molecule has 1 fully saturated rings. The standard InChI is InChI=1S/C25H23FN2O2/c1-18(21-11-15-30-17-21)27-13-14-28-24(29)23-5-3-2-4-20(23)16-25(27,28)22-8-6-19(7-9-22)10-12-26/h2-9,11,15,17H,1,10,12-14,16H2. The maximum atomic E-state index is 13.5. The SMILES string of the molecule is C=C(c1ccoc1)N1CCN2C(=O)c3ccccc3CC12c1ccc(CCF)cc1. The average molecular weight is 402 g/mol. The van der Waals surface area contributed by atoms with Gasteiger partial charge in [0.15, 0.2) is 0 Å². The number of fused-ring (bicyclic) bond motifs is 2. The molecule has 30 heavy (non-hydrogen) atoms. The molecule has 5 heteroatoms. The molecule has 1 saturated heterocycles. The van der Waals surface area contributed by atoms with Gasteiger partial charge >= 0.3 is 0 Å². The second kappa shape index (κ2) is 7.17. The molecule has 1 aromatic heterocycles. The van der Waals surface area contributed by atoms with Crippen molar-refractivity contribution in [2.45, 2.75) is 18.5 Å². The number of carbonyl (C=O) groups is 1. The summed E-state index contributed by atoms with van der Waals surface area (Å²) >= 11 is 0. The minimum atomic E-state index is -0.673. The Balaban J connectivity index is 1.67. The second-order valence-corrected chi connectivity index (χ2v) is 7.85. The maximum Gasteiger partial charge on any atom is 0.256 e. The number of nitrogens with zero attached hydrogens (tertiary/aromatic N) is 2. The highest BCUT2D eigenvalue weighted by atomic mass is 19.1. The number of amides is 1. The number of hydrogen-bond acceptors (Lipinski definition) is 3. The fraction of sp³-hybridized carbons (Fsp3) is 0.240. The van der Waals surface area contributed by atoms with Crippen LogP contribution in [0.5, 0.6) is 0 Å². The van der Waals surface area contributed by atoms with Crippen molar-refractivity contribution in [1.82, 2.24) is 9.80 Å². The molecule has 1 atom stereocenters. The summed E-state index contributed by atoms with van der Waals surface area (Å²) in [6.07, 6.45) is 4.37. The van der Waals surface area contributed by atoms with Crippen LogP contribution < -0.4 is 0 Å². The molecule has 0 saturated carbocycles. The first-order valence-corrected chi connectivity index (χ1v) is 10.2. The van der Waals surface area contributed by atoms with E-state index in [4.69, 9.17) is 4.42 Å². The zero-order valence-corrected chi connectivity index (χ0v) is 16.7. The predicted octanol–water partition coefficient (Wildman–Crippen LogP) is 4.63. The molecular formula is C25H23FN2O2. The lowest BCUT2D eigenvalue weighted by atomic mass is 9.83. The van der Waals surface area contributed by atoms with Crippen molar-refractivity contribution in [3.63, 3.8) is 0 Å². The van der Waals surface area contributed by atoms with Crippen LogP contribution in [0.4, 0.5) is 4.39 Å². The second-order valence-electron chi connectivity index (χ2n) is 7.85. The third-order valence-electron chi connectivity index (χ3n) is 6.35. The molecule has 3 heterocycles. The molecule has 0 aliphatic carbocycles. The highest BCUT2D eigenvalue weighted by molar-refractivity contribution is 5.98. The van der Waals surface area contributed by atoms with E-state index in [1.54, 1.807) is 12.5 Å². The monoisotopic (exact) mass is 402 g/mol. The van der Waals surface area contributed by atoms with E-state index in [0.717, 1.165) is 33.5 Å². The van der Waals surface area contributed by atoms with Crippen LogP contribution in [0.25, 0.3) is 5.70 Å². The number of alkyl halides is 1. The van der Waals surface area contributed by atoms with Gasteiger partial charge in [0.05, 0.1) is 19.2 Å². The Morgan fingerprint density at radius 3 is 2.63 bits per heavy atom. The van der Waals surface area contributed by atoms with Gasteiger partial charge in [0, 0.05) is 42.8 Å². The largest absolute Gasteiger partial charge is 0.472 e. The van der Waals surface area contributed by atoms with Crippen LogP contribution >= 0.6 is 0 Å². The van der Waals surface area contributed by atoms with E-state index in [0.29, 0.717) is 25.9 Å². The van der Waals surface area contributed by atoms with Crippen molar-refractivity contribution in [2.24, 2.45) is 0 Å². The molecule has 1 unspecified atom stereocenters. The first kappa shape index (κ1) is 18.7. The smallest absolute Gasteiger partial charge is 0.256 e. The molecule has 152 valence electrons. The Morgan fingerprint density at radius 1 is 1.10 bits per heavy atom. The van der Waals surface area contributed by atoms with Gasteiger partial charge in [0.1, 0.15) is 5.66 Å². The lowest BCUT2D eigenvalue weighted by Gasteiger charge is -2.48. The number of rotatable bonds is 5. The molecule has 2 aliphatic rings. The van der Waals surface area contributed by atoms with Crippen LogP contribution in [-0.2, 0) is 18.5 Å². The number of carbonyl (C=O) groups excluding carboxylic acids is 1.